The van der Waals surface area contributed by atoms with Gasteiger partial charge in [-0.1, -0.05) is 24.3 Å². The van der Waals surface area contributed by atoms with Crippen LogP contribution in [0.5, 0.6) is 0 Å². The number of hydrogen-bond donors (Lipinski definition) is 3. The van der Waals surface area contributed by atoms with Crippen molar-refractivity contribution in [2.75, 3.05) is 0 Å². The molecule has 6 heteroatoms. The zero-order valence-electron chi connectivity index (χ0n) is 11.5. The average Bonchev–Trinajstić information content (AvgIpc) is 2.35. The van der Waals surface area contributed by atoms with Gasteiger partial charge in [0.1, 0.15) is 6.04 Å². The maximum absolute atomic E-state index is 11.7. The van der Waals surface area contributed by atoms with Gasteiger partial charge >= 0.3 is 5.97 Å². The zero-order chi connectivity index (χ0) is 15.1. The lowest BCUT2D eigenvalue weighted by Gasteiger charge is -2.14. The van der Waals surface area contributed by atoms with Crippen LogP contribution in [0.15, 0.2) is 24.3 Å². The molecule has 108 valence electrons. The third-order valence-corrected chi connectivity index (χ3v) is 2.73. The van der Waals surface area contributed by atoms with E-state index in [0.717, 1.165) is 5.56 Å². The number of aliphatic carboxylic acids is 1. The number of hydrogen-bond acceptors (Lipinski definition) is 3. The van der Waals surface area contributed by atoms with E-state index in [-0.39, 0.29) is 24.8 Å². The molecule has 1 unspecified atom stereocenters. The molecule has 1 aromatic rings. The molecule has 3 N–H and O–H groups in total. The van der Waals surface area contributed by atoms with Crippen LogP contribution in [-0.4, -0.2) is 28.9 Å². The highest BCUT2D eigenvalue weighted by Crippen LogP contribution is 2.09. The first-order valence-electron chi connectivity index (χ1n) is 6.23. The van der Waals surface area contributed by atoms with Gasteiger partial charge < -0.3 is 15.7 Å². The zero-order valence-corrected chi connectivity index (χ0v) is 11.5. The van der Waals surface area contributed by atoms with Gasteiger partial charge in [0.15, 0.2) is 0 Å². The van der Waals surface area contributed by atoms with Crippen LogP contribution in [0.2, 0.25) is 0 Å². The second-order valence-electron chi connectivity index (χ2n) is 4.48. The first-order valence-corrected chi connectivity index (χ1v) is 6.23. The Bertz CT molecular complexity index is 514. The molecule has 1 rings (SSSR count). The van der Waals surface area contributed by atoms with E-state index in [2.05, 4.69) is 10.6 Å². The fourth-order valence-corrected chi connectivity index (χ4v) is 1.77. The SMILES string of the molecule is CC(=O)NC(C)C(=O)NCc1ccccc1CC(=O)O. The van der Waals surface area contributed by atoms with Crippen molar-refractivity contribution >= 4 is 17.8 Å². The van der Waals surface area contributed by atoms with Crippen molar-refractivity contribution in [2.24, 2.45) is 0 Å². The monoisotopic (exact) mass is 278 g/mol. The van der Waals surface area contributed by atoms with Crippen LogP contribution in [0.1, 0.15) is 25.0 Å². The maximum Gasteiger partial charge on any atom is 0.307 e. The summed E-state index contributed by atoms with van der Waals surface area (Å²) in [5.41, 5.74) is 1.41. The highest BCUT2D eigenvalue weighted by atomic mass is 16.4. The highest BCUT2D eigenvalue weighted by Gasteiger charge is 2.14. The number of carbonyl (C=O) groups is 3. The summed E-state index contributed by atoms with van der Waals surface area (Å²) in [6, 6.07) is 6.39. The first kappa shape index (κ1) is 15.7. The smallest absolute Gasteiger partial charge is 0.307 e. The van der Waals surface area contributed by atoms with Crippen molar-refractivity contribution in [3.05, 3.63) is 35.4 Å². The second-order valence-corrected chi connectivity index (χ2v) is 4.48. The summed E-state index contributed by atoms with van der Waals surface area (Å²) < 4.78 is 0. The van der Waals surface area contributed by atoms with Gasteiger partial charge in [-0.15, -0.1) is 0 Å². The lowest BCUT2D eigenvalue weighted by molar-refractivity contribution is -0.136. The molecule has 0 heterocycles. The van der Waals surface area contributed by atoms with Crippen LogP contribution in [0.4, 0.5) is 0 Å². The average molecular weight is 278 g/mol. The molecule has 0 aliphatic rings. The Balaban J connectivity index is 2.63. The molecule has 0 aliphatic carbocycles. The van der Waals surface area contributed by atoms with Crippen molar-refractivity contribution in [3.8, 4) is 0 Å². The number of amides is 2. The van der Waals surface area contributed by atoms with Crippen LogP contribution >= 0.6 is 0 Å². The summed E-state index contributed by atoms with van der Waals surface area (Å²) in [6.45, 7) is 3.15. The van der Waals surface area contributed by atoms with E-state index in [0.29, 0.717) is 5.56 Å². The minimum Gasteiger partial charge on any atom is -0.481 e. The van der Waals surface area contributed by atoms with Crippen LogP contribution in [0.25, 0.3) is 0 Å². The van der Waals surface area contributed by atoms with Gasteiger partial charge in [-0.2, -0.15) is 0 Å². The molecular formula is C14H18N2O4. The van der Waals surface area contributed by atoms with Crippen LogP contribution in [0, 0.1) is 0 Å². The molecule has 0 spiro atoms. The number of carboxylic acids is 1. The predicted molar refractivity (Wildman–Crippen MR) is 72.9 cm³/mol. The molecule has 0 aliphatic heterocycles. The van der Waals surface area contributed by atoms with E-state index in [9.17, 15) is 14.4 Å². The Kier molecular flexibility index (Phi) is 5.71. The van der Waals surface area contributed by atoms with E-state index >= 15 is 0 Å². The molecule has 0 saturated carbocycles. The molecule has 0 bridgehead atoms. The maximum atomic E-state index is 11.7. The molecule has 2 amide bonds. The Morgan fingerprint density at radius 1 is 1.20 bits per heavy atom. The first-order chi connectivity index (χ1) is 9.40. The third-order valence-electron chi connectivity index (χ3n) is 2.73. The standard InChI is InChI=1S/C14H18N2O4/c1-9(16-10(2)17)14(20)15-8-12-6-4-3-5-11(12)7-13(18)19/h3-6,9H,7-8H2,1-2H3,(H,15,20)(H,16,17)(H,18,19). The van der Waals surface area contributed by atoms with Crippen molar-refractivity contribution in [3.63, 3.8) is 0 Å². The summed E-state index contributed by atoms with van der Waals surface area (Å²) in [5.74, 6) is -1.51. The minimum absolute atomic E-state index is 0.0900. The van der Waals surface area contributed by atoms with Gasteiger partial charge in [0.25, 0.3) is 0 Å². The molecular weight excluding hydrogens is 260 g/mol. The van der Waals surface area contributed by atoms with Crippen LogP contribution in [-0.2, 0) is 27.3 Å². The Hall–Kier alpha value is -2.37. The quantitative estimate of drug-likeness (QED) is 0.704. The summed E-state index contributed by atoms with van der Waals surface area (Å²) in [6.07, 6.45) is -0.0900. The number of carboxylic acid groups (broad SMARTS) is 1. The summed E-state index contributed by atoms with van der Waals surface area (Å²) in [4.78, 5) is 33.3. The minimum atomic E-state index is -0.921. The Labute approximate surface area is 117 Å². The lowest BCUT2D eigenvalue weighted by Crippen LogP contribution is -2.43. The number of rotatable bonds is 6. The van der Waals surface area contributed by atoms with Crippen LogP contribution in [0.3, 0.4) is 0 Å². The molecule has 0 fully saturated rings. The van der Waals surface area contributed by atoms with Crippen molar-refractivity contribution in [2.45, 2.75) is 32.9 Å². The molecule has 1 atom stereocenters. The van der Waals surface area contributed by atoms with E-state index < -0.39 is 12.0 Å². The van der Waals surface area contributed by atoms with Gasteiger partial charge in [-0.25, -0.2) is 0 Å². The van der Waals surface area contributed by atoms with Gasteiger partial charge in [0.2, 0.25) is 11.8 Å². The van der Waals surface area contributed by atoms with E-state index in [4.69, 9.17) is 5.11 Å². The molecule has 1 aromatic carbocycles. The van der Waals surface area contributed by atoms with E-state index in [1.54, 1.807) is 31.2 Å². The summed E-state index contributed by atoms with van der Waals surface area (Å²) >= 11 is 0. The largest absolute Gasteiger partial charge is 0.481 e. The van der Waals surface area contributed by atoms with Gasteiger partial charge in [-0.3, -0.25) is 14.4 Å². The fraction of sp³-hybridized carbons (Fsp3) is 0.357. The predicted octanol–water partition coefficient (Wildman–Crippen LogP) is 0.454. The topological polar surface area (TPSA) is 95.5 Å². The molecule has 20 heavy (non-hydrogen) atoms. The number of carbonyl (C=O) groups excluding carboxylic acids is 2. The lowest BCUT2D eigenvalue weighted by atomic mass is 10.0. The summed E-state index contributed by atoms with van der Waals surface area (Å²) in [7, 11) is 0. The molecule has 0 aromatic heterocycles. The normalized spacial score (nSPS) is 11.5. The van der Waals surface area contributed by atoms with E-state index in [1.165, 1.54) is 6.92 Å². The molecule has 0 saturated heterocycles. The van der Waals surface area contributed by atoms with Crippen LogP contribution < -0.4 is 10.6 Å². The van der Waals surface area contributed by atoms with E-state index in [1.807, 2.05) is 0 Å². The van der Waals surface area contributed by atoms with Crippen molar-refractivity contribution in [1.82, 2.24) is 10.6 Å². The van der Waals surface area contributed by atoms with Gasteiger partial charge in [0.05, 0.1) is 6.42 Å². The second kappa shape index (κ2) is 7.28. The molecule has 6 nitrogen and oxygen atoms in total. The fourth-order valence-electron chi connectivity index (χ4n) is 1.77. The van der Waals surface area contributed by atoms with Gasteiger partial charge in [0, 0.05) is 13.5 Å². The Morgan fingerprint density at radius 3 is 2.35 bits per heavy atom. The summed E-state index contributed by atoms with van der Waals surface area (Å²) in [5, 5.41) is 14.0. The number of nitrogens with one attached hydrogen (secondary N) is 2. The number of benzene rings is 1. The molecule has 0 radical (unpaired) electrons. The van der Waals surface area contributed by atoms with Crippen molar-refractivity contribution < 1.29 is 19.5 Å². The highest BCUT2D eigenvalue weighted by molar-refractivity contribution is 5.86. The Morgan fingerprint density at radius 2 is 1.80 bits per heavy atom. The van der Waals surface area contributed by atoms with Crippen molar-refractivity contribution in [1.29, 1.82) is 0 Å². The van der Waals surface area contributed by atoms with Gasteiger partial charge in [-0.05, 0) is 18.1 Å². The third kappa shape index (κ3) is 5.09.